The van der Waals surface area contributed by atoms with Crippen molar-refractivity contribution in [1.29, 1.82) is 0 Å². The second-order valence-electron chi connectivity index (χ2n) is 17.1. The molecular formula is C48H59N4NaO16. The molecule has 0 radical (unpaired) electrons. The number of carbonyl (C=O) groups excluding carboxylic acids is 5. The zero-order valence-electron chi connectivity index (χ0n) is 41.5. The molecule has 4 amide bonds. The fourth-order valence-electron chi connectivity index (χ4n) is 6.90. The van der Waals surface area contributed by atoms with Crippen molar-refractivity contribution in [2.24, 2.45) is 0 Å². The van der Waals surface area contributed by atoms with Crippen LogP contribution in [0, 0.1) is 13.8 Å². The molecule has 0 spiro atoms. The number of nitrogens with zero attached hydrogens (tertiary/aromatic N) is 2. The van der Waals surface area contributed by atoms with Crippen molar-refractivity contribution in [1.82, 2.24) is 20.9 Å². The number of nitrogens with one attached hydrogen (secondary N) is 2. The first-order valence-electron chi connectivity index (χ1n) is 21.0. The number of methoxy groups -OCH3 is 4. The maximum absolute atomic E-state index is 13.6. The van der Waals surface area contributed by atoms with Gasteiger partial charge in [0.25, 0.3) is 23.6 Å². The third kappa shape index (κ3) is 12.9. The summed E-state index contributed by atoms with van der Waals surface area (Å²) in [6.45, 7) is 17.2. The molecule has 2 aliphatic rings. The Hall–Kier alpha value is -6.61. The predicted molar refractivity (Wildman–Crippen MR) is 245 cm³/mol. The molecule has 0 unspecified atom stereocenters. The van der Waals surface area contributed by atoms with Gasteiger partial charge in [0, 0.05) is 40.3 Å². The van der Waals surface area contributed by atoms with Gasteiger partial charge in [0.05, 0.1) is 39.5 Å². The molecule has 0 aromatic heterocycles. The number of hydrogen-bond donors (Lipinski definition) is 3. The Labute approximate surface area is 422 Å². The summed E-state index contributed by atoms with van der Waals surface area (Å²) in [5.74, 6) is -0.121. The summed E-state index contributed by atoms with van der Waals surface area (Å²) >= 11 is 0. The van der Waals surface area contributed by atoms with E-state index >= 15 is 0 Å². The molecule has 21 heteroatoms. The van der Waals surface area contributed by atoms with Crippen molar-refractivity contribution in [3.8, 4) is 57.5 Å². The summed E-state index contributed by atoms with van der Waals surface area (Å²) in [7, 11) is 5.50. The molecule has 0 atom stereocenters. The van der Waals surface area contributed by atoms with Gasteiger partial charge in [-0.2, -0.15) is 0 Å². The summed E-state index contributed by atoms with van der Waals surface area (Å²) in [4.78, 5) is 64.9. The number of phenols is 1. The van der Waals surface area contributed by atoms with Gasteiger partial charge >= 0.3 is 35.5 Å². The molecule has 0 bridgehead atoms. The Morgan fingerprint density at radius 3 is 1.23 bits per heavy atom. The monoisotopic (exact) mass is 970 g/mol. The third-order valence-corrected chi connectivity index (χ3v) is 10.3. The molecule has 0 aliphatic carbocycles. The fourth-order valence-corrected chi connectivity index (χ4v) is 6.90. The minimum absolute atomic E-state index is 0. The van der Waals surface area contributed by atoms with Crippen molar-refractivity contribution in [2.45, 2.75) is 73.4 Å². The largest absolute Gasteiger partial charge is 1.00 e. The van der Waals surface area contributed by atoms with E-state index < -0.39 is 40.7 Å². The van der Waals surface area contributed by atoms with Crippen molar-refractivity contribution >= 4 is 29.6 Å². The van der Waals surface area contributed by atoms with Crippen LogP contribution in [-0.2, 0) is 4.79 Å². The number of fused-ring (bicyclic) bond motifs is 2. The molecule has 368 valence electrons. The van der Waals surface area contributed by atoms with Gasteiger partial charge in [-0.25, -0.2) is 10.0 Å². The van der Waals surface area contributed by atoms with Crippen LogP contribution in [0.4, 0.5) is 0 Å². The van der Waals surface area contributed by atoms with Crippen molar-refractivity contribution in [3.63, 3.8) is 0 Å². The Kier molecular flexibility index (Phi) is 19.4. The van der Waals surface area contributed by atoms with Crippen LogP contribution in [0.3, 0.4) is 0 Å². The molecule has 6 rings (SSSR count). The molecule has 4 aromatic rings. The van der Waals surface area contributed by atoms with E-state index in [1.165, 1.54) is 69.6 Å². The van der Waals surface area contributed by atoms with E-state index in [2.05, 4.69) is 10.9 Å². The summed E-state index contributed by atoms with van der Waals surface area (Å²) in [5.41, 5.74) is 6.12. The number of hydrazine groups is 2. The Bertz CT molecular complexity index is 2500. The van der Waals surface area contributed by atoms with E-state index in [9.17, 15) is 29.1 Å². The summed E-state index contributed by atoms with van der Waals surface area (Å²) in [5, 5.41) is 12.6. The topological polar surface area (TPSA) is 249 Å². The fraction of sp³-hybridized carbons (Fsp3) is 0.396. The SMILES string of the molecule is COc1cc(C(=O)N(NC(=O)c2ccc3c(c2C)OCCO3)C(C)(C)C)cc(OC)c1O.COc1cc(C(=O)N(NC(=O)c2ccc3c(c2C)OCCO3)C(C)(C)C)cc(OC)c1OC(C)=O.[Na+].[OH-]. The van der Waals surface area contributed by atoms with E-state index in [1.54, 1.807) is 79.7 Å². The number of phenolic OH excluding ortho intramolecular Hbond substituents is 1. The van der Waals surface area contributed by atoms with Gasteiger partial charge in [-0.3, -0.25) is 34.8 Å². The van der Waals surface area contributed by atoms with Crippen LogP contribution in [0.2, 0.25) is 0 Å². The van der Waals surface area contributed by atoms with E-state index in [0.29, 0.717) is 71.7 Å². The number of rotatable bonds is 9. The first kappa shape index (κ1) is 56.7. The van der Waals surface area contributed by atoms with Gasteiger partial charge < -0.3 is 53.2 Å². The quantitative estimate of drug-likeness (QED) is 0.0943. The van der Waals surface area contributed by atoms with Crippen LogP contribution < -0.4 is 83.0 Å². The van der Waals surface area contributed by atoms with E-state index in [0.717, 1.165) is 0 Å². The number of carbonyl (C=O) groups is 5. The zero-order chi connectivity index (χ0) is 49.5. The molecule has 4 N–H and O–H groups in total. The number of aromatic hydroxyl groups is 1. The van der Waals surface area contributed by atoms with Crippen LogP contribution in [0.1, 0.15) is 101 Å². The van der Waals surface area contributed by atoms with Crippen LogP contribution in [-0.4, -0.2) is 116 Å². The number of benzene rings is 4. The van der Waals surface area contributed by atoms with Crippen LogP contribution in [0.25, 0.3) is 0 Å². The standard InChI is InChI=1S/C25H30N2O8.C23H28N2O7.Na.H2O/c1-14-17(8-9-18-21(14)34-11-10-33-18)23(29)26-27(25(3,4)5)24(30)16-12-19(31-6)22(35-15(2)28)20(13-16)32-7;1-13-15(7-8-16-20(13)32-10-9-31-16)21(27)24-25(23(2,3)4)22(28)14-11-17(29-5)19(26)18(12-14)30-6;;/h8-9,12-13H,10-11H2,1-7H3,(H,26,29);7-8,11-12,26H,9-10H2,1-6H3,(H,24,27);;1H2/q;;+1;/p-1. The number of esters is 1. The molecule has 4 aromatic carbocycles. The Balaban J connectivity index is 0.000000356. The van der Waals surface area contributed by atoms with Gasteiger partial charge in [0.1, 0.15) is 26.4 Å². The van der Waals surface area contributed by atoms with Gasteiger partial charge in [0.15, 0.2) is 46.0 Å². The van der Waals surface area contributed by atoms with Crippen LogP contribution in [0.5, 0.6) is 57.5 Å². The third-order valence-electron chi connectivity index (χ3n) is 10.3. The maximum atomic E-state index is 13.6. The summed E-state index contributed by atoms with van der Waals surface area (Å²) < 4.78 is 48.6. The average Bonchev–Trinajstić information content (AvgIpc) is 3.29. The molecule has 0 saturated carbocycles. The van der Waals surface area contributed by atoms with Crippen LogP contribution in [0.15, 0.2) is 48.5 Å². The van der Waals surface area contributed by atoms with Crippen molar-refractivity contribution in [2.75, 3.05) is 54.9 Å². The predicted octanol–water partition coefficient (Wildman–Crippen LogP) is 3.20. The van der Waals surface area contributed by atoms with Gasteiger partial charge in [-0.05, 0) is 104 Å². The minimum Gasteiger partial charge on any atom is -0.870 e. The van der Waals surface area contributed by atoms with Crippen molar-refractivity contribution in [3.05, 3.63) is 81.9 Å². The molecule has 0 saturated heterocycles. The molecule has 20 nitrogen and oxygen atoms in total. The average molecular weight is 971 g/mol. The summed E-state index contributed by atoms with van der Waals surface area (Å²) in [6, 6.07) is 12.2. The molecular weight excluding hydrogens is 912 g/mol. The number of ether oxygens (including phenoxy) is 9. The minimum atomic E-state index is -0.802. The van der Waals surface area contributed by atoms with Crippen LogP contribution >= 0.6 is 0 Å². The first-order chi connectivity index (χ1) is 31.5. The molecule has 69 heavy (non-hydrogen) atoms. The van der Waals surface area contributed by atoms with Gasteiger partial charge in [-0.15, -0.1) is 0 Å². The zero-order valence-corrected chi connectivity index (χ0v) is 43.5. The van der Waals surface area contributed by atoms with Gasteiger partial charge in [0.2, 0.25) is 11.5 Å². The number of amides is 4. The summed E-state index contributed by atoms with van der Waals surface area (Å²) in [6.07, 6.45) is 0. The number of hydrogen-bond acceptors (Lipinski definition) is 16. The second kappa shape index (κ2) is 23.6. The normalized spacial score (nSPS) is 12.2. The van der Waals surface area contributed by atoms with Gasteiger partial charge in [-0.1, -0.05) is 0 Å². The van der Waals surface area contributed by atoms with E-state index in [1.807, 2.05) is 0 Å². The van der Waals surface area contributed by atoms with E-state index in [-0.39, 0.29) is 80.7 Å². The second-order valence-corrected chi connectivity index (χ2v) is 17.1. The van der Waals surface area contributed by atoms with E-state index in [4.69, 9.17) is 42.6 Å². The molecule has 2 heterocycles. The smallest absolute Gasteiger partial charge is 0.870 e. The Morgan fingerprint density at radius 2 is 0.913 bits per heavy atom. The molecule has 0 fully saturated rings. The Morgan fingerprint density at radius 1 is 0.580 bits per heavy atom. The van der Waals surface area contributed by atoms with Crippen molar-refractivity contribution < 1.29 is 107 Å². The maximum Gasteiger partial charge on any atom is 1.00 e. The molecule has 2 aliphatic heterocycles. The first-order valence-corrected chi connectivity index (χ1v) is 21.0.